The minimum Gasteiger partial charge on any atom is -0.481 e. The van der Waals surface area contributed by atoms with Crippen molar-refractivity contribution in [1.82, 2.24) is 5.32 Å². The van der Waals surface area contributed by atoms with Crippen LogP contribution in [0, 0.1) is 16.7 Å². The Morgan fingerprint density at radius 1 is 1.05 bits per heavy atom. The maximum Gasteiger partial charge on any atom is 0.328 e. The van der Waals surface area contributed by atoms with Crippen LogP contribution in [0.1, 0.15) is 49.5 Å². The summed E-state index contributed by atoms with van der Waals surface area (Å²) in [5.41, 5.74) is -0.255. The molecule has 0 radical (unpaired) electrons. The van der Waals surface area contributed by atoms with Gasteiger partial charge in [0.15, 0.2) is 0 Å². The van der Waals surface area contributed by atoms with Crippen molar-refractivity contribution in [1.29, 1.82) is 0 Å². The van der Waals surface area contributed by atoms with E-state index in [9.17, 15) is 24.3 Å². The highest BCUT2D eigenvalue weighted by atomic mass is 35.5. The number of methoxy groups -OCH3 is 1. The average molecular weight is 549 g/mol. The molecule has 0 bridgehead atoms. The number of halogens is 2. The van der Waals surface area contributed by atoms with E-state index in [1.165, 1.54) is 19.2 Å². The fourth-order valence-corrected chi connectivity index (χ4v) is 5.05. The molecule has 198 valence electrons. The molecule has 0 aromatic heterocycles. The van der Waals surface area contributed by atoms with Gasteiger partial charge in [-0.3, -0.25) is 14.4 Å². The molecule has 3 atom stereocenters. The molecule has 37 heavy (non-hydrogen) atoms. The smallest absolute Gasteiger partial charge is 0.328 e. The Balaban J connectivity index is 1.69. The summed E-state index contributed by atoms with van der Waals surface area (Å²) in [6, 6.07) is 10.4. The monoisotopic (exact) mass is 548 g/mol. The molecule has 1 saturated carbocycles. The van der Waals surface area contributed by atoms with Crippen molar-refractivity contribution in [3.63, 3.8) is 0 Å². The van der Waals surface area contributed by atoms with Crippen molar-refractivity contribution in [3.05, 3.63) is 63.6 Å². The zero-order valence-corrected chi connectivity index (χ0v) is 22.6. The van der Waals surface area contributed by atoms with E-state index in [0.29, 0.717) is 29.1 Å². The molecular weight excluding hydrogens is 519 g/mol. The number of aliphatic carboxylic acids is 1. The van der Waals surface area contributed by atoms with E-state index in [4.69, 9.17) is 27.9 Å². The van der Waals surface area contributed by atoms with Crippen LogP contribution in [0.5, 0.6) is 0 Å². The second-order valence-corrected chi connectivity index (χ2v) is 10.8. The third-order valence-electron chi connectivity index (χ3n) is 7.65. The molecular formula is C27H30Cl2N2O6. The number of carboxylic acid groups (broad SMARTS) is 1. The van der Waals surface area contributed by atoms with Crippen LogP contribution in [0.4, 0.5) is 5.69 Å². The summed E-state index contributed by atoms with van der Waals surface area (Å²) < 4.78 is 4.90. The van der Waals surface area contributed by atoms with Gasteiger partial charge in [-0.25, -0.2) is 4.79 Å². The standard InChI is InChI=1S/C27H30Cl2N2O6/c1-26(2)18(11-12-27(26,3)25(35)36)23(33)31-21(24(34)37-4)13-15-5-8-17(9-6-15)30-22(32)16-7-10-19(28)20(29)14-16/h5-10,14,18,21H,11-13H2,1-4H3,(H,30,32)(H,31,33)(H,35,36)/t18-,21+,27+/m1/s1. The Morgan fingerprint density at radius 2 is 1.70 bits per heavy atom. The Bertz CT molecular complexity index is 1210. The summed E-state index contributed by atoms with van der Waals surface area (Å²) in [6.45, 7) is 5.20. The van der Waals surface area contributed by atoms with Crippen LogP contribution in [0.2, 0.25) is 10.0 Å². The Morgan fingerprint density at radius 3 is 2.24 bits per heavy atom. The highest BCUT2D eigenvalue weighted by molar-refractivity contribution is 6.42. The van der Waals surface area contributed by atoms with Gasteiger partial charge in [-0.2, -0.15) is 0 Å². The summed E-state index contributed by atoms with van der Waals surface area (Å²) in [6.07, 6.45) is 0.928. The van der Waals surface area contributed by atoms with Crippen molar-refractivity contribution in [3.8, 4) is 0 Å². The quantitative estimate of drug-likeness (QED) is 0.400. The minimum absolute atomic E-state index is 0.156. The lowest BCUT2D eigenvalue weighted by Crippen LogP contribution is -2.50. The third kappa shape index (κ3) is 5.91. The van der Waals surface area contributed by atoms with E-state index < -0.39 is 34.7 Å². The van der Waals surface area contributed by atoms with Crippen molar-refractivity contribution in [2.24, 2.45) is 16.7 Å². The lowest BCUT2D eigenvalue weighted by Gasteiger charge is -2.38. The predicted octanol–water partition coefficient (Wildman–Crippen LogP) is 4.97. The largest absolute Gasteiger partial charge is 0.481 e. The van der Waals surface area contributed by atoms with E-state index in [1.54, 1.807) is 51.1 Å². The number of esters is 1. The van der Waals surface area contributed by atoms with E-state index in [1.807, 2.05) is 0 Å². The molecule has 2 aromatic rings. The second kappa shape index (κ2) is 11.1. The highest BCUT2D eigenvalue weighted by Crippen LogP contribution is 2.56. The van der Waals surface area contributed by atoms with E-state index >= 15 is 0 Å². The maximum absolute atomic E-state index is 13.2. The van der Waals surface area contributed by atoms with Crippen molar-refractivity contribution >= 4 is 52.6 Å². The number of carbonyl (C=O) groups excluding carboxylic acids is 3. The lowest BCUT2D eigenvalue weighted by molar-refractivity contribution is -0.156. The molecule has 8 nitrogen and oxygen atoms in total. The van der Waals surface area contributed by atoms with Crippen molar-refractivity contribution in [2.45, 2.75) is 46.1 Å². The van der Waals surface area contributed by atoms with Gasteiger partial charge in [-0.15, -0.1) is 0 Å². The van der Waals surface area contributed by atoms with Gasteiger partial charge in [0.05, 0.1) is 22.6 Å². The van der Waals surface area contributed by atoms with Gasteiger partial charge < -0.3 is 20.5 Å². The summed E-state index contributed by atoms with van der Waals surface area (Å²) in [5.74, 6) is -2.86. The molecule has 0 unspecified atom stereocenters. The molecule has 0 heterocycles. The molecule has 0 saturated heterocycles. The first-order valence-electron chi connectivity index (χ1n) is 11.8. The van der Waals surface area contributed by atoms with Crippen molar-refractivity contribution in [2.75, 3.05) is 12.4 Å². The van der Waals surface area contributed by atoms with E-state index in [0.717, 1.165) is 5.56 Å². The number of carbonyl (C=O) groups is 4. The average Bonchev–Trinajstić information content (AvgIpc) is 3.10. The Kier molecular flexibility index (Phi) is 8.55. The molecule has 1 fully saturated rings. The van der Waals surface area contributed by atoms with Gasteiger partial charge in [-0.05, 0) is 61.1 Å². The highest BCUT2D eigenvalue weighted by Gasteiger charge is 2.58. The number of hydrogen-bond donors (Lipinski definition) is 3. The zero-order chi connectivity index (χ0) is 27.5. The summed E-state index contributed by atoms with van der Waals surface area (Å²) >= 11 is 11.9. The van der Waals surface area contributed by atoms with Crippen LogP contribution >= 0.6 is 23.2 Å². The number of amides is 2. The first kappa shape index (κ1) is 28.5. The lowest BCUT2D eigenvalue weighted by atomic mass is 9.65. The number of benzene rings is 2. The number of ether oxygens (including phenoxy) is 1. The van der Waals surface area contributed by atoms with Gasteiger partial charge in [0.2, 0.25) is 5.91 Å². The van der Waals surface area contributed by atoms with Crippen LogP contribution < -0.4 is 10.6 Å². The summed E-state index contributed by atoms with van der Waals surface area (Å²) in [7, 11) is 1.24. The minimum atomic E-state index is -1.05. The van der Waals surface area contributed by atoms with Crippen LogP contribution in [0.15, 0.2) is 42.5 Å². The van der Waals surface area contributed by atoms with Crippen LogP contribution in [0.25, 0.3) is 0 Å². The summed E-state index contributed by atoms with van der Waals surface area (Å²) in [4.78, 5) is 50.0. The molecule has 0 spiro atoms. The van der Waals surface area contributed by atoms with Gasteiger partial charge in [0, 0.05) is 23.6 Å². The van der Waals surface area contributed by atoms with E-state index in [2.05, 4.69) is 10.6 Å². The first-order chi connectivity index (χ1) is 17.3. The Hall–Kier alpha value is -3.10. The van der Waals surface area contributed by atoms with Gasteiger partial charge >= 0.3 is 11.9 Å². The molecule has 10 heteroatoms. The number of carboxylic acids is 1. The zero-order valence-electron chi connectivity index (χ0n) is 21.1. The third-order valence-corrected chi connectivity index (χ3v) is 8.39. The van der Waals surface area contributed by atoms with E-state index in [-0.39, 0.29) is 23.3 Å². The number of nitrogens with one attached hydrogen (secondary N) is 2. The van der Waals surface area contributed by atoms with Crippen molar-refractivity contribution < 1.29 is 29.0 Å². The molecule has 1 aliphatic rings. The van der Waals surface area contributed by atoms with Gasteiger partial charge in [0.25, 0.3) is 5.91 Å². The molecule has 2 aromatic carbocycles. The molecule has 3 rings (SSSR count). The number of rotatable bonds is 8. The van der Waals surface area contributed by atoms with Crippen LogP contribution in [-0.4, -0.2) is 42.0 Å². The Labute approximate surface area is 225 Å². The molecule has 0 aliphatic heterocycles. The topological polar surface area (TPSA) is 122 Å². The molecule has 1 aliphatic carbocycles. The maximum atomic E-state index is 13.2. The molecule has 2 amide bonds. The predicted molar refractivity (Wildman–Crippen MR) is 141 cm³/mol. The number of hydrogen-bond acceptors (Lipinski definition) is 5. The molecule has 3 N–H and O–H groups in total. The second-order valence-electron chi connectivity index (χ2n) is 10.0. The summed E-state index contributed by atoms with van der Waals surface area (Å²) in [5, 5.41) is 15.9. The fraction of sp³-hybridized carbons (Fsp3) is 0.407. The normalized spacial score (nSPS) is 21.1. The van der Waals surface area contributed by atoms with Gasteiger partial charge in [0.1, 0.15) is 6.04 Å². The first-order valence-corrected chi connectivity index (χ1v) is 12.5. The van der Waals surface area contributed by atoms with Gasteiger partial charge in [-0.1, -0.05) is 49.2 Å². The number of anilines is 1. The SMILES string of the molecule is COC(=O)[C@H](Cc1ccc(NC(=O)c2ccc(Cl)c(Cl)c2)cc1)NC(=O)[C@H]1CC[C@@](C)(C(=O)O)C1(C)C. The van der Waals surface area contributed by atoms with Crippen LogP contribution in [-0.2, 0) is 25.5 Å². The fourth-order valence-electron chi connectivity index (χ4n) is 4.75. The van der Waals surface area contributed by atoms with Crippen LogP contribution in [0.3, 0.4) is 0 Å².